The van der Waals surface area contributed by atoms with E-state index < -0.39 is 55.2 Å². The first kappa shape index (κ1) is 37.0. The molecule has 6 rings (SSSR count). The number of aromatic nitrogens is 3. The predicted molar refractivity (Wildman–Crippen MR) is 178 cm³/mol. The SMILES string of the molecule is CS(=O)(=O)Nc1ncc(-c2ccc3c(c2)Oc2cc(-c4cnc(NS(C)(=O)=O)c(C(F)(F)F)c4)cnc2N3CCN2CCOCC2)cc1C(F)(F)F. The maximum atomic E-state index is 14.0. The van der Waals surface area contributed by atoms with Crippen LogP contribution in [0.15, 0.2) is 55.0 Å². The summed E-state index contributed by atoms with van der Waals surface area (Å²) in [6, 6.07) is 7.52. The summed E-state index contributed by atoms with van der Waals surface area (Å²) in [7, 11) is -8.17. The molecule has 0 saturated carbocycles. The lowest BCUT2D eigenvalue weighted by Crippen LogP contribution is -2.41. The minimum Gasteiger partial charge on any atom is -0.451 e. The summed E-state index contributed by atoms with van der Waals surface area (Å²) >= 11 is 0. The molecule has 0 atom stereocenters. The van der Waals surface area contributed by atoms with Crippen LogP contribution in [-0.2, 0) is 37.1 Å². The number of sulfonamides is 2. The molecular formula is C31H29F6N7O6S2. The standard InChI is InChI=1S/C31H29F6N7O6S2/c1-51(45,46)41-27-22(30(32,33)34)11-19(15-38-27)18-3-4-24-25(13-18)50-26-14-21(17-40-29(26)44(24)6-5-43-7-9-49-10-8-43)20-12-23(31(35,36)37)28(39-16-20)42-52(2,47)48/h3-4,11-17H,5-10H2,1-2H3,(H,38,41)(H,39,42). The van der Waals surface area contributed by atoms with Crippen molar-refractivity contribution in [3.63, 3.8) is 0 Å². The Morgan fingerprint density at radius 2 is 1.19 bits per heavy atom. The second-order valence-electron chi connectivity index (χ2n) is 11.9. The minimum absolute atomic E-state index is 0.0103. The van der Waals surface area contributed by atoms with Gasteiger partial charge >= 0.3 is 12.4 Å². The van der Waals surface area contributed by atoms with Crippen molar-refractivity contribution in [3.05, 3.63) is 66.1 Å². The second-order valence-corrected chi connectivity index (χ2v) is 15.4. The van der Waals surface area contributed by atoms with Gasteiger partial charge in [0.1, 0.15) is 0 Å². The van der Waals surface area contributed by atoms with E-state index in [0.717, 1.165) is 24.5 Å². The fraction of sp³-hybridized carbons (Fsp3) is 0.323. The van der Waals surface area contributed by atoms with Crippen LogP contribution in [0.1, 0.15) is 11.1 Å². The normalized spacial score (nSPS) is 15.4. The zero-order valence-electron chi connectivity index (χ0n) is 27.2. The lowest BCUT2D eigenvalue weighted by Gasteiger charge is -2.34. The summed E-state index contributed by atoms with van der Waals surface area (Å²) in [6.45, 7) is 3.35. The van der Waals surface area contributed by atoms with Crippen molar-refractivity contribution in [1.29, 1.82) is 0 Å². The van der Waals surface area contributed by atoms with E-state index in [1.807, 2.05) is 4.90 Å². The number of hydrogen-bond acceptors (Lipinski definition) is 11. The van der Waals surface area contributed by atoms with E-state index in [-0.39, 0.29) is 33.8 Å². The van der Waals surface area contributed by atoms with Gasteiger partial charge in [-0.25, -0.2) is 31.8 Å². The summed E-state index contributed by atoms with van der Waals surface area (Å²) in [6.07, 6.45) is -5.10. The van der Waals surface area contributed by atoms with Crippen LogP contribution in [-0.4, -0.2) is 88.6 Å². The Hall–Kier alpha value is -4.73. The molecule has 4 aromatic rings. The van der Waals surface area contributed by atoms with Crippen molar-refractivity contribution >= 4 is 43.2 Å². The summed E-state index contributed by atoms with van der Waals surface area (Å²) in [4.78, 5) is 15.9. The molecule has 21 heteroatoms. The highest BCUT2D eigenvalue weighted by Crippen LogP contribution is 2.48. The quantitative estimate of drug-likeness (QED) is 0.205. The molecule has 2 N–H and O–H groups in total. The Morgan fingerprint density at radius 1 is 0.692 bits per heavy atom. The average Bonchev–Trinajstić information content (AvgIpc) is 3.04. The number of pyridine rings is 3. The molecule has 0 aliphatic carbocycles. The highest BCUT2D eigenvalue weighted by Gasteiger charge is 2.37. The molecule has 13 nitrogen and oxygen atoms in total. The monoisotopic (exact) mass is 773 g/mol. The molecule has 2 aliphatic rings. The van der Waals surface area contributed by atoms with Crippen molar-refractivity contribution in [2.24, 2.45) is 0 Å². The molecule has 2 aliphatic heterocycles. The van der Waals surface area contributed by atoms with Gasteiger partial charge in [-0.3, -0.25) is 14.3 Å². The van der Waals surface area contributed by atoms with Gasteiger partial charge in [-0.05, 0) is 35.9 Å². The fourth-order valence-corrected chi connectivity index (χ4v) is 6.62. The van der Waals surface area contributed by atoms with Crippen LogP contribution in [0.2, 0.25) is 0 Å². The molecule has 1 saturated heterocycles. The number of nitrogens with one attached hydrogen (secondary N) is 2. The maximum Gasteiger partial charge on any atom is 0.420 e. The first-order chi connectivity index (χ1) is 24.2. The van der Waals surface area contributed by atoms with Gasteiger partial charge in [0, 0.05) is 61.5 Å². The number of alkyl halides is 6. The molecule has 1 aromatic carbocycles. The maximum absolute atomic E-state index is 14.0. The summed E-state index contributed by atoms with van der Waals surface area (Å²) in [5.74, 6) is -1.19. The Morgan fingerprint density at radius 3 is 1.73 bits per heavy atom. The van der Waals surface area contributed by atoms with Gasteiger partial charge < -0.3 is 14.4 Å². The molecule has 0 unspecified atom stereocenters. The number of anilines is 4. The lowest BCUT2D eigenvalue weighted by molar-refractivity contribution is -0.137. The molecule has 0 radical (unpaired) electrons. The zero-order valence-corrected chi connectivity index (χ0v) is 28.8. The molecule has 0 bridgehead atoms. The van der Waals surface area contributed by atoms with Crippen LogP contribution in [0.3, 0.4) is 0 Å². The van der Waals surface area contributed by atoms with Gasteiger partial charge in [-0.2, -0.15) is 26.3 Å². The lowest BCUT2D eigenvalue weighted by atomic mass is 10.0. The highest BCUT2D eigenvalue weighted by atomic mass is 32.2. The van der Waals surface area contributed by atoms with E-state index in [4.69, 9.17) is 9.47 Å². The van der Waals surface area contributed by atoms with Crippen LogP contribution in [0, 0.1) is 0 Å². The number of fused-ring (bicyclic) bond motifs is 2. The van der Waals surface area contributed by atoms with Crippen molar-refractivity contribution in [2.75, 3.05) is 66.2 Å². The highest BCUT2D eigenvalue weighted by molar-refractivity contribution is 7.92. The van der Waals surface area contributed by atoms with Gasteiger partial charge in [-0.15, -0.1) is 0 Å². The van der Waals surface area contributed by atoms with Gasteiger partial charge in [0.05, 0.1) is 42.5 Å². The van der Waals surface area contributed by atoms with Crippen LogP contribution in [0.25, 0.3) is 22.3 Å². The summed E-state index contributed by atoms with van der Waals surface area (Å²) < 4.78 is 146. The minimum atomic E-state index is -4.97. The fourth-order valence-electron chi connectivity index (χ4n) is 5.59. The van der Waals surface area contributed by atoms with Gasteiger partial charge in [0.25, 0.3) is 0 Å². The summed E-state index contributed by atoms with van der Waals surface area (Å²) in [5.41, 5.74) is -1.84. The number of hydrogen-bond donors (Lipinski definition) is 2. The third-order valence-corrected chi connectivity index (χ3v) is 9.05. The molecular weight excluding hydrogens is 745 g/mol. The van der Waals surface area contributed by atoms with Crippen LogP contribution >= 0.6 is 0 Å². The van der Waals surface area contributed by atoms with Gasteiger partial charge in [0.2, 0.25) is 20.0 Å². The van der Waals surface area contributed by atoms with E-state index >= 15 is 0 Å². The molecule has 52 heavy (non-hydrogen) atoms. The zero-order chi connectivity index (χ0) is 37.6. The van der Waals surface area contributed by atoms with E-state index in [1.54, 1.807) is 21.6 Å². The topological polar surface area (TPSA) is 156 Å². The summed E-state index contributed by atoms with van der Waals surface area (Å²) in [5, 5.41) is 0. The van der Waals surface area contributed by atoms with E-state index in [1.165, 1.54) is 18.3 Å². The van der Waals surface area contributed by atoms with Crippen LogP contribution < -0.4 is 19.1 Å². The molecule has 5 heterocycles. The van der Waals surface area contributed by atoms with Crippen LogP contribution in [0.5, 0.6) is 11.5 Å². The van der Waals surface area contributed by atoms with Gasteiger partial charge in [0.15, 0.2) is 29.0 Å². The van der Waals surface area contributed by atoms with Crippen molar-refractivity contribution in [3.8, 4) is 33.8 Å². The number of nitrogens with zero attached hydrogens (tertiary/aromatic N) is 5. The van der Waals surface area contributed by atoms with E-state index in [0.29, 0.717) is 63.4 Å². The molecule has 3 aromatic heterocycles. The number of halogens is 6. The predicted octanol–water partition coefficient (Wildman–Crippen LogP) is 5.56. The van der Waals surface area contributed by atoms with E-state index in [2.05, 4.69) is 19.9 Å². The Bertz CT molecular complexity index is 2090. The molecule has 0 amide bonds. The molecule has 278 valence electrons. The third-order valence-electron chi connectivity index (χ3n) is 7.92. The van der Waals surface area contributed by atoms with Crippen molar-refractivity contribution in [1.82, 2.24) is 19.9 Å². The van der Waals surface area contributed by atoms with Crippen LogP contribution in [0.4, 0.5) is 49.5 Å². The molecule has 0 spiro atoms. The number of benzene rings is 1. The van der Waals surface area contributed by atoms with Crippen molar-refractivity contribution < 1.29 is 52.7 Å². The second kappa shape index (κ2) is 13.7. The third kappa shape index (κ3) is 8.48. The average molecular weight is 774 g/mol. The Kier molecular flexibility index (Phi) is 9.74. The first-order valence-electron chi connectivity index (χ1n) is 15.3. The smallest absolute Gasteiger partial charge is 0.420 e. The molecule has 1 fully saturated rings. The largest absolute Gasteiger partial charge is 0.451 e. The Labute approximate surface area is 293 Å². The van der Waals surface area contributed by atoms with Crippen molar-refractivity contribution in [2.45, 2.75) is 12.4 Å². The number of morpholine rings is 1. The Balaban J connectivity index is 1.41. The van der Waals surface area contributed by atoms with E-state index in [9.17, 15) is 43.2 Å². The first-order valence-corrected chi connectivity index (χ1v) is 19.0. The van der Waals surface area contributed by atoms with Gasteiger partial charge in [-0.1, -0.05) is 6.07 Å². The number of ether oxygens (including phenoxy) is 2. The number of rotatable bonds is 9.